The molecule has 0 spiro atoms. The fourth-order valence-electron chi connectivity index (χ4n) is 3.07. The molecule has 1 amide bonds. The Hall–Kier alpha value is -3.07. The third-order valence-electron chi connectivity index (χ3n) is 4.26. The quantitative estimate of drug-likeness (QED) is 0.550. The fraction of sp³-hybridized carbons (Fsp3) is 0.316. The number of nitrogens with one attached hydrogen (secondary N) is 1. The van der Waals surface area contributed by atoms with Crippen LogP contribution in [-0.2, 0) is 13.5 Å². The maximum absolute atomic E-state index is 13.1. The lowest BCUT2D eigenvalue weighted by molar-refractivity contribution is 0.102. The summed E-state index contributed by atoms with van der Waals surface area (Å²) in [6, 6.07) is 5.32. The second kappa shape index (κ2) is 7.16. The molecule has 0 aliphatic rings. The minimum absolute atomic E-state index is 0.274. The number of furan rings is 1. The van der Waals surface area contributed by atoms with E-state index >= 15 is 0 Å². The molecule has 0 aliphatic heterocycles. The van der Waals surface area contributed by atoms with Gasteiger partial charge in [0.2, 0.25) is 5.13 Å². The van der Waals surface area contributed by atoms with Gasteiger partial charge in [-0.05, 0) is 31.0 Å². The number of pyridine rings is 1. The van der Waals surface area contributed by atoms with Gasteiger partial charge in [0.1, 0.15) is 10.7 Å². The van der Waals surface area contributed by atoms with E-state index in [4.69, 9.17) is 4.42 Å². The number of hydrogen-bond donors (Lipinski definition) is 1. The second-order valence-corrected chi connectivity index (χ2v) is 8.06. The van der Waals surface area contributed by atoms with Crippen molar-refractivity contribution in [1.82, 2.24) is 25.0 Å². The Morgan fingerprint density at radius 3 is 2.89 bits per heavy atom. The van der Waals surface area contributed by atoms with E-state index in [-0.39, 0.29) is 5.91 Å². The van der Waals surface area contributed by atoms with Crippen molar-refractivity contribution in [1.29, 1.82) is 0 Å². The molecule has 28 heavy (non-hydrogen) atoms. The monoisotopic (exact) mass is 396 g/mol. The molecule has 9 heteroatoms. The number of aromatic nitrogens is 5. The Bertz CT molecular complexity index is 1140. The van der Waals surface area contributed by atoms with E-state index in [0.717, 1.165) is 17.1 Å². The van der Waals surface area contributed by atoms with Crippen LogP contribution in [0.3, 0.4) is 0 Å². The first-order valence-corrected chi connectivity index (χ1v) is 9.76. The Morgan fingerprint density at radius 1 is 1.36 bits per heavy atom. The van der Waals surface area contributed by atoms with Gasteiger partial charge in [0.05, 0.1) is 22.9 Å². The van der Waals surface area contributed by atoms with Gasteiger partial charge in [-0.3, -0.25) is 14.8 Å². The number of nitrogens with zero attached hydrogens (tertiary/aromatic N) is 5. The highest BCUT2D eigenvalue weighted by atomic mass is 32.1. The molecule has 4 aromatic heterocycles. The average Bonchev–Trinajstić information content (AvgIpc) is 3.36. The Kier molecular flexibility index (Phi) is 4.68. The average molecular weight is 396 g/mol. The third-order valence-corrected chi connectivity index (χ3v) is 5.12. The zero-order valence-electron chi connectivity index (χ0n) is 16.1. The van der Waals surface area contributed by atoms with Gasteiger partial charge in [-0.25, -0.2) is 4.98 Å². The Morgan fingerprint density at radius 2 is 2.18 bits per heavy atom. The first-order valence-electron chi connectivity index (χ1n) is 8.94. The van der Waals surface area contributed by atoms with Crippen LogP contribution < -0.4 is 5.32 Å². The summed E-state index contributed by atoms with van der Waals surface area (Å²) < 4.78 is 7.13. The summed E-state index contributed by atoms with van der Waals surface area (Å²) >= 11 is 1.39. The van der Waals surface area contributed by atoms with Crippen LogP contribution in [0.2, 0.25) is 0 Å². The maximum atomic E-state index is 13.1. The zero-order chi connectivity index (χ0) is 19.8. The predicted molar refractivity (Wildman–Crippen MR) is 107 cm³/mol. The molecule has 4 rings (SSSR count). The van der Waals surface area contributed by atoms with E-state index in [2.05, 4.69) is 39.4 Å². The van der Waals surface area contributed by atoms with Crippen LogP contribution in [0.15, 0.2) is 28.9 Å². The molecular formula is C19H20N6O2S. The first-order chi connectivity index (χ1) is 13.4. The van der Waals surface area contributed by atoms with Crippen molar-refractivity contribution in [3.05, 3.63) is 40.7 Å². The van der Waals surface area contributed by atoms with Crippen molar-refractivity contribution in [2.24, 2.45) is 13.0 Å². The number of carbonyl (C=O) groups is 1. The lowest BCUT2D eigenvalue weighted by Crippen LogP contribution is -2.13. The number of fused-ring (bicyclic) bond motifs is 1. The first kappa shape index (κ1) is 18.3. The normalized spacial score (nSPS) is 11.5. The number of aryl methyl sites for hydroxylation is 2. The molecule has 0 aliphatic carbocycles. The zero-order valence-corrected chi connectivity index (χ0v) is 16.9. The van der Waals surface area contributed by atoms with Gasteiger partial charge in [0.25, 0.3) is 5.91 Å². The number of anilines is 1. The van der Waals surface area contributed by atoms with Crippen molar-refractivity contribution in [3.63, 3.8) is 0 Å². The molecule has 0 aromatic carbocycles. The van der Waals surface area contributed by atoms with Crippen LogP contribution in [0.4, 0.5) is 5.13 Å². The van der Waals surface area contributed by atoms with Gasteiger partial charge in [-0.2, -0.15) is 5.10 Å². The fourth-order valence-corrected chi connectivity index (χ4v) is 4.02. The van der Waals surface area contributed by atoms with E-state index in [1.54, 1.807) is 30.1 Å². The lowest BCUT2D eigenvalue weighted by atomic mass is 10.1. The summed E-state index contributed by atoms with van der Waals surface area (Å²) in [5.41, 5.74) is 2.40. The van der Waals surface area contributed by atoms with E-state index < -0.39 is 0 Å². The molecular weight excluding hydrogens is 376 g/mol. The van der Waals surface area contributed by atoms with Crippen molar-refractivity contribution in [2.45, 2.75) is 27.2 Å². The molecule has 1 N–H and O–H groups in total. The van der Waals surface area contributed by atoms with Crippen LogP contribution in [0.5, 0.6) is 0 Å². The minimum atomic E-state index is -0.274. The molecule has 144 valence electrons. The molecule has 0 saturated carbocycles. The Labute approximate surface area is 165 Å². The molecule has 4 aromatic rings. The van der Waals surface area contributed by atoms with Gasteiger partial charge in [0, 0.05) is 13.5 Å². The van der Waals surface area contributed by atoms with Crippen molar-refractivity contribution in [3.8, 4) is 11.5 Å². The molecule has 0 fully saturated rings. The minimum Gasteiger partial charge on any atom is -0.463 e. The molecule has 0 bridgehead atoms. The van der Waals surface area contributed by atoms with E-state index in [1.165, 1.54) is 11.3 Å². The summed E-state index contributed by atoms with van der Waals surface area (Å²) in [5.74, 6) is 0.790. The predicted octanol–water partition coefficient (Wildman–Crippen LogP) is 3.84. The summed E-state index contributed by atoms with van der Waals surface area (Å²) in [4.78, 5) is 17.7. The van der Waals surface area contributed by atoms with Gasteiger partial charge in [0.15, 0.2) is 11.4 Å². The van der Waals surface area contributed by atoms with E-state index in [9.17, 15) is 4.79 Å². The topological polar surface area (TPSA) is 98.7 Å². The highest BCUT2D eigenvalue weighted by Crippen LogP contribution is 2.28. The smallest absolute Gasteiger partial charge is 0.258 e. The number of rotatable bonds is 5. The third kappa shape index (κ3) is 3.40. The SMILES string of the molecule is Cc1nn(C)c2nc(-c3ccco3)cc(C(=O)Nc3nnc(CC(C)C)s3)c12. The summed E-state index contributed by atoms with van der Waals surface area (Å²) in [5, 5.41) is 17.6. The van der Waals surface area contributed by atoms with Crippen LogP contribution in [-0.4, -0.2) is 30.9 Å². The van der Waals surface area contributed by atoms with Gasteiger partial charge in [-0.15, -0.1) is 10.2 Å². The van der Waals surface area contributed by atoms with Crippen LogP contribution in [0.1, 0.15) is 34.9 Å². The number of amides is 1. The van der Waals surface area contributed by atoms with Crippen LogP contribution in [0, 0.1) is 12.8 Å². The summed E-state index contributed by atoms with van der Waals surface area (Å²) in [7, 11) is 1.80. The van der Waals surface area contributed by atoms with Crippen LogP contribution in [0.25, 0.3) is 22.5 Å². The van der Waals surface area contributed by atoms with Crippen molar-refractivity contribution < 1.29 is 9.21 Å². The molecule has 0 unspecified atom stereocenters. The van der Waals surface area contributed by atoms with Gasteiger partial charge < -0.3 is 4.42 Å². The molecule has 0 saturated heterocycles. The number of carbonyl (C=O) groups excluding carboxylic acids is 1. The standard InChI is InChI=1S/C19H20N6O2S/c1-10(2)8-15-22-23-19(28-15)21-18(26)12-9-13(14-6-5-7-27-14)20-17-16(12)11(3)24-25(17)4/h5-7,9-10H,8H2,1-4H3,(H,21,23,26). The molecule has 0 radical (unpaired) electrons. The largest absolute Gasteiger partial charge is 0.463 e. The van der Waals surface area contributed by atoms with E-state index in [1.807, 2.05) is 13.0 Å². The number of hydrogen-bond acceptors (Lipinski definition) is 7. The maximum Gasteiger partial charge on any atom is 0.258 e. The molecule has 4 heterocycles. The molecule has 8 nitrogen and oxygen atoms in total. The Balaban J connectivity index is 1.74. The van der Waals surface area contributed by atoms with Crippen molar-refractivity contribution in [2.75, 3.05) is 5.32 Å². The van der Waals surface area contributed by atoms with E-state index in [0.29, 0.717) is 39.1 Å². The van der Waals surface area contributed by atoms with Crippen molar-refractivity contribution >= 4 is 33.4 Å². The molecule has 0 atom stereocenters. The summed E-state index contributed by atoms with van der Waals surface area (Å²) in [6.45, 7) is 6.10. The van der Waals surface area contributed by atoms with Gasteiger partial charge >= 0.3 is 0 Å². The van der Waals surface area contributed by atoms with Crippen LogP contribution >= 0.6 is 11.3 Å². The van der Waals surface area contributed by atoms with Gasteiger partial charge in [-0.1, -0.05) is 25.2 Å². The highest BCUT2D eigenvalue weighted by molar-refractivity contribution is 7.15. The lowest BCUT2D eigenvalue weighted by Gasteiger charge is -2.06. The second-order valence-electron chi connectivity index (χ2n) is 6.99. The summed E-state index contributed by atoms with van der Waals surface area (Å²) in [6.07, 6.45) is 2.41. The highest BCUT2D eigenvalue weighted by Gasteiger charge is 2.21.